The SMILES string of the molecule is O=C(O)c1ccc(CN2[C@@H]3CC[C@H]2CC(c2ccccc2)C3)cc1. The van der Waals surface area contributed by atoms with Gasteiger partial charge in [-0.25, -0.2) is 4.79 Å². The van der Waals surface area contributed by atoms with Gasteiger partial charge in [0.15, 0.2) is 0 Å². The Labute approximate surface area is 142 Å². The maximum Gasteiger partial charge on any atom is 0.335 e. The third kappa shape index (κ3) is 2.96. The zero-order valence-electron chi connectivity index (χ0n) is 13.8. The van der Waals surface area contributed by atoms with Gasteiger partial charge in [-0.2, -0.15) is 0 Å². The second kappa shape index (κ2) is 6.40. The Morgan fingerprint density at radius 1 is 0.958 bits per heavy atom. The summed E-state index contributed by atoms with van der Waals surface area (Å²) in [4.78, 5) is 13.6. The highest BCUT2D eigenvalue weighted by molar-refractivity contribution is 5.87. The van der Waals surface area contributed by atoms with E-state index in [2.05, 4.69) is 35.2 Å². The molecule has 0 aliphatic carbocycles. The van der Waals surface area contributed by atoms with Gasteiger partial charge in [0.05, 0.1) is 5.56 Å². The monoisotopic (exact) mass is 321 g/mol. The van der Waals surface area contributed by atoms with Crippen LogP contribution in [0.15, 0.2) is 54.6 Å². The van der Waals surface area contributed by atoms with Crippen LogP contribution in [0.3, 0.4) is 0 Å². The van der Waals surface area contributed by atoms with Gasteiger partial charge in [0.1, 0.15) is 0 Å². The van der Waals surface area contributed by atoms with E-state index in [4.69, 9.17) is 5.11 Å². The minimum Gasteiger partial charge on any atom is -0.478 e. The summed E-state index contributed by atoms with van der Waals surface area (Å²) in [5, 5.41) is 9.02. The summed E-state index contributed by atoms with van der Waals surface area (Å²) in [6, 6.07) is 19.6. The maximum absolute atomic E-state index is 11.0. The zero-order valence-corrected chi connectivity index (χ0v) is 13.8. The summed E-state index contributed by atoms with van der Waals surface area (Å²) < 4.78 is 0. The van der Waals surface area contributed by atoms with E-state index in [1.54, 1.807) is 12.1 Å². The van der Waals surface area contributed by atoms with Crippen molar-refractivity contribution in [3.8, 4) is 0 Å². The number of carboxylic acids is 1. The number of piperidine rings is 1. The number of benzene rings is 2. The molecule has 0 aromatic heterocycles. The molecule has 2 heterocycles. The Balaban J connectivity index is 1.46. The van der Waals surface area contributed by atoms with Crippen LogP contribution in [0.2, 0.25) is 0 Å². The van der Waals surface area contributed by atoms with Crippen molar-refractivity contribution in [3.63, 3.8) is 0 Å². The fraction of sp³-hybridized carbons (Fsp3) is 0.381. The summed E-state index contributed by atoms with van der Waals surface area (Å²) in [6.45, 7) is 0.941. The van der Waals surface area contributed by atoms with Crippen molar-refractivity contribution in [2.24, 2.45) is 0 Å². The molecule has 24 heavy (non-hydrogen) atoms. The molecule has 0 saturated carbocycles. The van der Waals surface area contributed by atoms with Gasteiger partial charge in [0.25, 0.3) is 0 Å². The highest BCUT2D eigenvalue weighted by Crippen LogP contribution is 2.43. The molecular weight excluding hydrogens is 298 g/mol. The molecule has 2 aromatic carbocycles. The van der Waals surface area contributed by atoms with Gasteiger partial charge in [0.2, 0.25) is 0 Å². The minimum atomic E-state index is -0.856. The van der Waals surface area contributed by atoms with Crippen molar-refractivity contribution in [1.82, 2.24) is 4.90 Å². The van der Waals surface area contributed by atoms with Crippen molar-refractivity contribution >= 4 is 5.97 Å². The van der Waals surface area contributed by atoms with Crippen molar-refractivity contribution in [2.45, 2.75) is 50.2 Å². The third-order valence-corrected chi connectivity index (χ3v) is 5.72. The average Bonchev–Trinajstić information content (AvgIpc) is 2.84. The summed E-state index contributed by atoms with van der Waals surface area (Å²) in [6.07, 6.45) is 5.07. The topological polar surface area (TPSA) is 40.5 Å². The standard InChI is InChI=1S/C21H23NO2/c23-21(24)17-8-6-15(7-9-17)14-22-19-10-11-20(22)13-18(12-19)16-4-2-1-3-5-16/h1-9,18-20H,10-14H2,(H,23,24)/t18?,19-,20+. The third-order valence-electron chi connectivity index (χ3n) is 5.72. The lowest BCUT2D eigenvalue weighted by atomic mass is 9.85. The first-order valence-corrected chi connectivity index (χ1v) is 8.83. The maximum atomic E-state index is 11.0. The predicted molar refractivity (Wildman–Crippen MR) is 94.2 cm³/mol. The van der Waals surface area contributed by atoms with Crippen LogP contribution in [0.25, 0.3) is 0 Å². The second-order valence-electron chi connectivity index (χ2n) is 7.14. The van der Waals surface area contributed by atoms with Gasteiger partial charge in [0, 0.05) is 18.6 Å². The Hall–Kier alpha value is -2.13. The van der Waals surface area contributed by atoms with E-state index in [1.165, 1.54) is 36.8 Å². The molecule has 0 spiro atoms. The molecule has 0 radical (unpaired) electrons. The van der Waals surface area contributed by atoms with Gasteiger partial charge >= 0.3 is 5.97 Å². The summed E-state index contributed by atoms with van der Waals surface area (Å²) in [7, 11) is 0. The van der Waals surface area contributed by atoms with Crippen LogP contribution in [0, 0.1) is 0 Å². The quantitative estimate of drug-likeness (QED) is 0.913. The van der Waals surface area contributed by atoms with Crippen LogP contribution in [0.5, 0.6) is 0 Å². The molecular formula is C21H23NO2. The van der Waals surface area contributed by atoms with E-state index >= 15 is 0 Å². The molecule has 4 rings (SSSR count). The molecule has 2 bridgehead atoms. The smallest absolute Gasteiger partial charge is 0.335 e. The molecule has 3 heteroatoms. The first kappa shape index (κ1) is 15.4. The fourth-order valence-corrected chi connectivity index (χ4v) is 4.49. The van der Waals surface area contributed by atoms with Crippen LogP contribution in [0.1, 0.15) is 53.1 Å². The normalized spacial score (nSPS) is 26.4. The van der Waals surface area contributed by atoms with Crippen molar-refractivity contribution in [1.29, 1.82) is 0 Å². The molecule has 3 nitrogen and oxygen atoms in total. The van der Waals surface area contributed by atoms with Crippen molar-refractivity contribution < 1.29 is 9.90 Å². The lowest BCUT2D eigenvalue weighted by molar-refractivity contribution is 0.0696. The van der Waals surface area contributed by atoms with Crippen LogP contribution >= 0.6 is 0 Å². The van der Waals surface area contributed by atoms with Gasteiger partial charge < -0.3 is 5.11 Å². The Morgan fingerprint density at radius 3 is 2.17 bits per heavy atom. The molecule has 2 saturated heterocycles. The largest absolute Gasteiger partial charge is 0.478 e. The van der Waals surface area contributed by atoms with Crippen molar-refractivity contribution in [3.05, 3.63) is 71.3 Å². The lowest BCUT2D eigenvalue weighted by Crippen LogP contribution is -2.41. The fourth-order valence-electron chi connectivity index (χ4n) is 4.49. The molecule has 0 amide bonds. The van der Waals surface area contributed by atoms with Crippen molar-refractivity contribution in [2.75, 3.05) is 0 Å². The number of carbonyl (C=O) groups is 1. The summed E-state index contributed by atoms with van der Waals surface area (Å²) in [5.41, 5.74) is 3.07. The molecule has 2 aliphatic rings. The average molecular weight is 321 g/mol. The summed E-state index contributed by atoms with van der Waals surface area (Å²) in [5.74, 6) is -0.167. The van der Waals surface area contributed by atoms with Crippen LogP contribution in [0.4, 0.5) is 0 Å². The van der Waals surface area contributed by atoms with Gasteiger partial charge in [-0.05, 0) is 54.9 Å². The number of carboxylic acid groups (broad SMARTS) is 1. The number of aromatic carboxylic acids is 1. The Morgan fingerprint density at radius 2 is 1.58 bits per heavy atom. The lowest BCUT2D eigenvalue weighted by Gasteiger charge is -2.39. The molecule has 1 N–H and O–H groups in total. The number of rotatable bonds is 4. The van der Waals surface area contributed by atoms with Gasteiger partial charge in [-0.15, -0.1) is 0 Å². The Kier molecular flexibility index (Phi) is 4.11. The van der Waals surface area contributed by atoms with E-state index in [-0.39, 0.29) is 0 Å². The van der Waals surface area contributed by atoms with E-state index in [0.717, 1.165) is 6.54 Å². The first-order valence-electron chi connectivity index (χ1n) is 8.83. The molecule has 124 valence electrons. The van der Waals surface area contributed by atoms with E-state index in [9.17, 15) is 4.79 Å². The highest BCUT2D eigenvalue weighted by Gasteiger charge is 2.40. The number of hydrogen-bond acceptors (Lipinski definition) is 2. The van der Waals surface area contributed by atoms with Gasteiger partial charge in [-0.1, -0.05) is 42.5 Å². The van der Waals surface area contributed by atoms with Crippen LogP contribution in [-0.2, 0) is 6.54 Å². The van der Waals surface area contributed by atoms with E-state index in [1.807, 2.05) is 12.1 Å². The molecule has 2 aromatic rings. The van der Waals surface area contributed by atoms with E-state index in [0.29, 0.717) is 23.6 Å². The van der Waals surface area contributed by atoms with Gasteiger partial charge in [-0.3, -0.25) is 4.90 Å². The number of nitrogens with zero attached hydrogens (tertiary/aromatic N) is 1. The Bertz CT molecular complexity index is 696. The minimum absolute atomic E-state index is 0.365. The first-order chi connectivity index (χ1) is 11.7. The van der Waals surface area contributed by atoms with E-state index < -0.39 is 5.97 Å². The highest BCUT2D eigenvalue weighted by atomic mass is 16.4. The molecule has 3 atom stereocenters. The number of fused-ring (bicyclic) bond motifs is 2. The molecule has 1 unspecified atom stereocenters. The zero-order chi connectivity index (χ0) is 16.5. The van der Waals surface area contributed by atoms with Crippen LogP contribution in [-0.4, -0.2) is 28.1 Å². The number of hydrogen-bond donors (Lipinski definition) is 1. The van der Waals surface area contributed by atoms with Crippen LogP contribution < -0.4 is 0 Å². The summed E-state index contributed by atoms with van der Waals surface area (Å²) >= 11 is 0. The second-order valence-corrected chi connectivity index (χ2v) is 7.14. The molecule has 2 aliphatic heterocycles. The predicted octanol–water partition coefficient (Wildman–Crippen LogP) is 4.30. The molecule has 2 fully saturated rings.